The fraction of sp³-hybridized carbons (Fsp3) is 0.263. The molecule has 0 fully saturated rings. The molecule has 2 aromatic heterocycles. The van der Waals surface area contributed by atoms with Crippen LogP contribution in [0.4, 0.5) is 0 Å². The van der Waals surface area contributed by atoms with Crippen LogP contribution in [0.15, 0.2) is 53.7 Å². The molecular weight excluding hydrogens is 316 g/mol. The summed E-state index contributed by atoms with van der Waals surface area (Å²) in [5, 5.41) is 4.03. The maximum atomic E-state index is 12.6. The van der Waals surface area contributed by atoms with Crippen LogP contribution in [-0.2, 0) is 24.1 Å². The number of carbonyl (C=O) groups excluding carboxylic acids is 1. The Morgan fingerprint density at radius 1 is 1.24 bits per heavy atom. The first-order valence-electron chi connectivity index (χ1n) is 8.38. The summed E-state index contributed by atoms with van der Waals surface area (Å²) in [6.45, 7) is 0. The zero-order chi connectivity index (χ0) is 17.2. The number of H-pyrrole nitrogens is 1. The number of Topliss-reactive ketones (excluding diaryl/α,β-unsaturated/α-hetero) is 1. The van der Waals surface area contributed by atoms with E-state index >= 15 is 0 Å². The molecule has 0 bridgehead atoms. The predicted octanol–water partition coefficient (Wildman–Crippen LogP) is 1.87. The van der Waals surface area contributed by atoms with Crippen LogP contribution in [0.25, 0.3) is 5.95 Å². The van der Waals surface area contributed by atoms with E-state index in [0.29, 0.717) is 11.5 Å². The van der Waals surface area contributed by atoms with Crippen LogP contribution in [0.3, 0.4) is 0 Å². The van der Waals surface area contributed by atoms with Gasteiger partial charge in [-0.2, -0.15) is 5.10 Å². The third-order valence-corrected chi connectivity index (χ3v) is 4.75. The van der Waals surface area contributed by atoms with Gasteiger partial charge >= 0.3 is 0 Å². The van der Waals surface area contributed by atoms with E-state index in [1.807, 2.05) is 12.1 Å². The Bertz CT molecular complexity index is 960. The molecule has 4 rings (SSSR count). The Morgan fingerprint density at radius 2 is 2.08 bits per heavy atom. The fourth-order valence-corrected chi connectivity index (χ4v) is 3.35. The summed E-state index contributed by atoms with van der Waals surface area (Å²) in [4.78, 5) is 31.8. The molecule has 0 spiro atoms. The van der Waals surface area contributed by atoms with E-state index in [2.05, 4.69) is 27.2 Å². The minimum atomic E-state index is -0.287. The molecule has 0 amide bonds. The first kappa shape index (κ1) is 15.5. The molecule has 1 atom stereocenters. The standard InChI is InChI=1S/C19H18N4O2/c24-17(15-7-6-13-4-1-2-5-14(13)10-15)11-16-12-20-19(22-18(16)25)23-9-3-8-21-23/h1-5,8-9,12,15H,6-7,10-11H2,(H,20,22,25). The summed E-state index contributed by atoms with van der Waals surface area (Å²) in [7, 11) is 0. The number of benzene rings is 1. The number of rotatable bonds is 4. The highest BCUT2D eigenvalue weighted by molar-refractivity contribution is 5.83. The van der Waals surface area contributed by atoms with E-state index < -0.39 is 0 Å². The summed E-state index contributed by atoms with van der Waals surface area (Å²) in [6, 6.07) is 10.0. The fourth-order valence-electron chi connectivity index (χ4n) is 3.35. The molecule has 0 radical (unpaired) electrons. The molecule has 1 aliphatic rings. The summed E-state index contributed by atoms with van der Waals surface area (Å²) in [5.41, 5.74) is 2.69. The van der Waals surface area contributed by atoms with E-state index in [4.69, 9.17) is 0 Å². The van der Waals surface area contributed by atoms with Crippen LogP contribution in [0, 0.1) is 5.92 Å². The predicted molar refractivity (Wildman–Crippen MR) is 92.6 cm³/mol. The highest BCUT2D eigenvalue weighted by Gasteiger charge is 2.25. The van der Waals surface area contributed by atoms with Crippen molar-refractivity contribution in [3.63, 3.8) is 0 Å². The summed E-state index contributed by atoms with van der Waals surface area (Å²) >= 11 is 0. The second-order valence-electron chi connectivity index (χ2n) is 6.36. The lowest BCUT2D eigenvalue weighted by Gasteiger charge is -2.23. The van der Waals surface area contributed by atoms with Gasteiger partial charge in [0.15, 0.2) is 0 Å². The maximum Gasteiger partial charge on any atom is 0.255 e. The van der Waals surface area contributed by atoms with Crippen LogP contribution < -0.4 is 5.56 Å². The van der Waals surface area contributed by atoms with Crippen molar-refractivity contribution in [2.24, 2.45) is 5.92 Å². The Hall–Kier alpha value is -3.02. The number of ketones is 1. The monoisotopic (exact) mass is 334 g/mol. The first-order valence-corrected chi connectivity index (χ1v) is 8.38. The van der Waals surface area contributed by atoms with Crippen molar-refractivity contribution in [3.05, 3.63) is 76.0 Å². The molecule has 3 aromatic rings. The van der Waals surface area contributed by atoms with E-state index in [1.165, 1.54) is 22.0 Å². The highest BCUT2D eigenvalue weighted by Crippen LogP contribution is 2.26. The van der Waals surface area contributed by atoms with E-state index in [9.17, 15) is 9.59 Å². The SMILES string of the molecule is O=C(Cc1cnc(-n2cccn2)[nH]c1=O)C1CCc2ccccc2C1. The van der Waals surface area contributed by atoms with Crippen molar-refractivity contribution in [2.75, 3.05) is 0 Å². The van der Waals surface area contributed by atoms with Gasteiger partial charge < -0.3 is 0 Å². The van der Waals surface area contributed by atoms with E-state index in [1.54, 1.807) is 18.5 Å². The van der Waals surface area contributed by atoms with Crippen molar-refractivity contribution in [1.29, 1.82) is 0 Å². The number of fused-ring (bicyclic) bond motifs is 1. The van der Waals surface area contributed by atoms with Crippen LogP contribution in [0.1, 0.15) is 23.1 Å². The lowest BCUT2D eigenvalue weighted by atomic mass is 9.80. The lowest BCUT2D eigenvalue weighted by Crippen LogP contribution is -2.27. The van der Waals surface area contributed by atoms with Gasteiger partial charge in [-0.3, -0.25) is 14.6 Å². The van der Waals surface area contributed by atoms with Gasteiger partial charge in [-0.05, 0) is 36.5 Å². The van der Waals surface area contributed by atoms with Crippen molar-refractivity contribution < 1.29 is 4.79 Å². The highest BCUT2D eigenvalue weighted by atomic mass is 16.1. The number of carbonyl (C=O) groups is 1. The number of hydrogen-bond donors (Lipinski definition) is 1. The summed E-state index contributed by atoms with van der Waals surface area (Å²) in [5.74, 6) is 0.423. The smallest absolute Gasteiger partial charge is 0.255 e. The van der Waals surface area contributed by atoms with Crippen LogP contribution >= 0.6 is 0 Å². The molecule has 2 heterocycles. The Kier molecular flexibility index (Phi) is 4.01. The molecule has 6 nitrogen and oxygen atoms in total. The molecule has 1 unspecified atom stereocenters. The molecule has 0 saturated carbocycles. The van der Waals surface area contributed by atoms with Gasteiger partial charge in [-0.1, -0.05) is 24.3 Å². The number of aromatic amines is 1. The molecule has 1 aromatic carbocycles. The molecule has 126 valence electrons. The minimum absolute atomic E-state index is 0.0277. The zero-order valence-corrected chi connectivity index (χ0v) is 13.7. The van der Waals surface area contributed by atoms with E-state index in [0.717, 1.165) is 19.3 Å². The summed E-state index contributed by atoms with van der Waals surface area (Å²) < 4.78 is 1.48. The molecule has 1 aliphatic carbocycles. The number of aryl methyl sites for hydroxylation is 1. The van der Waals surface area contributed by atoms with Crippen molar-refractivity contribution in [1.82, 2.24) is 19.7 Å². The van der Waals surface area contributed by atoms with Gasteiger partial charge in [0, 0.05) is 36.5 Å². The minimum Gasteiger partial charge on any atom is -0.299 e. The first-order chi connectivity index (χ1) is 12.2. The third kappa shape index (κ3) is 3.15. The number of nitrogens with zero attached hydrogens (tertiary/aromatic N) is 3. The lowest BCUT2D eigenvalue weighted by molar-refractivity contribution is -0.122. The van der Waals surface area contributed by atoms with Crippen molar-refractivity contribution in [3.8, 4) is 5.95 Å². The molecule has 0 saturated heterocycles. The van der Waals surface area contributed by atoms with Gasteiger partial charge in [0.2, 0.25) is 5.95 Å². The van der Waals surface area contributed by atoms with Crippen molar-refractivity contribution in [2.45, 2.75) is 25.7 Å². The average Bonchev–Trinajstić information content (AvgIpc) is 3.17. The number of nitrogens with one attached hydrogen (secondary N) is 1. The van der Waals surface area contributed by atoms with Gasteiger partial charge in [-0.15, -0.1) is 0 Å². The van der Waals surface area contributed by atoms with Crippen molar-refractivity contribution >= 4 is 5.78 Å². The Balaban J connectivity index is 1.49. The van der Waals surface area contributed by atoms with Crippen LogP contribution in [-0.4, -0.2) is 25.5 Å². The third-order valence-electron chi connectivity index (χ3n) is 4.75. The molecular formula is C19H18N4O2. The molecule has 0 aliphatic heterocycles. The van der Waals surface area contributed by atoms with Gasteiger partial charge in [0.25, 0.3) is 5.56 Å². The number of aromatic nitrogens is 4. The molecule has 25 heavy (non-hydrogen) atoms. The van der Waals surface area contributed by atoms with Gasteiger partial charge in [0.1, 0.15) is 5.78 Å². The summed E-state index contributed by atoms with van der Waals surface area (Å²) in [6.07, 6.45) is 7.41. The second-order valence-corrected chi connectivity index (χ2v) is 6.36. The molecule has 1 N–H and O–H groups in total. The van der Waals surface area contributed by atoms with Crippen LogP contribution in [0.2, 0.25) is 0 Å². The average molecular weight is 334 g/mol. The zero-order valence-electron chi connectivity index (χ0n) is 13.7. The molecule has 6 heteroatoms. The second kappa shape index (κ2) is 6.47. The van der Waals surface area contributed by atoms with Crippen LogP contribution in [0.5, 0.6) is 0 Å². The van der Waals surface area contributed by atoms with E-state index in [-0.39, 0.29) is 23.7 Å². The van der Waals surface area contributed by atoms with Gasteiger partial charge in [-0.25, -0.2) is 9.67 Å². The van der Waals surface area contributed by atoms with Gasteiger partial charge in [0.05, 0.1) is 0 Å². The topological polar surface area (TPSA) is 80.6 Å². The Morgan fingerprint density at radius 3 is 2.84 bits per heavy atom. The largest absolute Gasteiger partial charge is 0.299 e. The quantitative estimate of drug-likeness (QED) is 0.790. The normalized spacial score (nSPS) is 16.4. The Labute approximate surface area is 144 Å². The maximum absolute atomic E-state index is 12.6. The number of hydrogen-bond acceptors (Lipinski definition) is 4.